The van der Waals surface area contributed by atoms with Gasteiger partial charge in [0.25, 0.3) is 0 Å². The largest absolute Gasteiger partial charge is 0.381 e. The summed E-state index contributed by atoms with van der Waals surface area (Å²) in [6, 6.07) is 10.5. The first-order valence-corrected chi connectivity index (χ1v) is 9.33. The Labute approximate surface area is 151 Å². The van der Waals surface area contributed by atoms with E-state index in [1.807, 2.05) is 11.0 Å². The minimum absolute atomic E-state index is 0.0509. The summed E-state index contributed by atoms with van der Waals surface area (Å²) in [5, 5.41) is 0. The van der Waals surface area contributed by atoms with Gasteiger partial charge in [0.15, 0.2) is 0 Å². The van der Waals surface area contributed by atoms with E-state index in [0.29, 0.717) is 19.8 Å². The van der Waals surface area contributed by atoms with Crippen molar-refractivity contribution in [3.05, 3.63) is 35.9 Å². The molecule has 0 aromatic heterocycles. The van der Waals surface area contributed by atoms with Crippen LogP contribution in [0.5, 0.6) is 0 Å². The lowest BCUT2D eigenvalue weighted by Gasteiger charge is -2.49. The smallest absolute Gasteiger partial charge is 0.230 e. The first-order valence-electron chi connectivity index (χ1n) is 9.33. The Morgan fingerprint density at radius 2 is 1.84 bits per heavy atom. The third-order valence-corrected chi connectivity index (χ3v) is 5.87. The summed E-state index contributed by atoms with van der Waals surface area (Å²) < 4.78 is 5.45. The number of ether oxygens (including phenoxy) is 1. The average Bonchev–Trinajstić information content (AvgIpc) is 2.64. The van der Waals surface area contributed by atoms with Crippen LogP contribution in [0.2, 0.25) is 0 Å². The normalized spacial score (nSPS) is 23.4. The van der Waals surface area contributed by atoms with E-state index >= 15 is 0 Å². The molecule has 2 aliphatic rings. The highest BCUT2D eigenvalue weighted by molar-refractivity contribution is 5.83. The van der Waals surface area contributed by atoms with Crippen molar-refractivity contribution < 1.29 is 9.53 Å². The molecule has 1 amide bonds. The molecule has 138 valence electrons. The van der Waals surface area contributed by atoms with Gasteiger partial charge in [-0.25, -0.2) is 0 Å². The summed E-state index contributed by atoms with van der Waals surface area (Å²) in [5.41, 5.74) is 6.88. The maximum Gasteiger partial charge on any atom is 0.230 e. The van der Waals surface area contributed by atoms with Crippen LogP contribution in [-0.4, -0.2) is 60.6 Å². The number of nitrogens with zero attached hydrogens (tertiary/aromatic N) is 2. The summed E-state index contributed by atoms with van der Waals surface area (Å²) in [7, 11) is 0. The molecule has 0 saturated carbocycles. The van der Waals surface area contributed by atoms with E-state index in [-0.39, 0.29) is 11.4 Å². The van der Waals surface area contributed by atoms with Crippen LogP contribution in [0.1, 0.15) is 32.3 Å². The molecule has 0 unspecified atom stereocenters. The summed E-state index contributed by atoms with van der Waals surface area (Å²) >= 11 is 0. The molecule has 0 bridgehead atoms. The average molecular weight is 345 g/mol. The molecule has 5 nitrogen and oxygen atoms in total. The van der Waals surface area contributed by atoms with Gasteiger partial charge >= 0.3 is 0 Å². The van der Waals surface area contributed by atoms with Crippen molar-refractivity contribution in [3.8, 4) is 0 Å². The van der Waals surface area contributed by atoms with Crippen LogP contribution in [0.4, 0.5) is 0 Å². The lowest BCUT2D eigenvalue weighted by atomic mass is 9.78. The fraction of sp³-hybridized carbons (Fsp3) is 0.650. The molecule has 0 radical (unpaired) electrons. The van der Waals surface area contributed by atoms with Crippen LogP contribution >= 0.6 is 0 Å². The summed E-state index contributed by atoms with van der Waals surface area (Å²) in [4.78, 5) is 17.7. The topological polar surface area (TPSA) is 58.8 Å². The first-order chi connectivity index (χ1) is 12.0. The molecule has 0 spiro atoms. The van der Waals surface area contributed by atoms with E-state index in [1.54, 1.807) is 0 Å². The molecule has 2 fully saturated rings. The highest BCUT2D eigenvalue weighted by atomic mass is 16.5. The molecule has 2 saturated heterocycles. The predicted octanol–water partition coefficient (Wildman–Crippen LogP) is 1.86. The number of rotatable bonds is 4. The fourth-order valence-electron chi connectivity index (χ4n) is 4.06. The van der Waals surface area contributed by atoms with Crippen molar-refractivity contribution in [1.82, 2.24) is 9.80 Å². The van der Waals surface area contributed by atoms with Gasteiger partial charge in [-0.05, 0) is 32.3 Å². The van der Waals surface area contributed by atoms with Gasteiger partial charge in [-0.1, -0.05) is 30.3 Å². The van der Waals surface area contributed by atoms with Crippen molar-refractivity contribution >= 4 is 5.91 Å². The lowest BCUT2D eigenvalue weighted by molar-refractivity contribution is -0.152. The number of carbonyl (C=O) groups excluding carboxylic acids is 1. The highest BCUT2D eigenvalue weighted by Crippen LogP contribution is 2.34. The molecule has 2 N–H and O–H groups in total. The Morgan fingerprint density at radius 1 is 1.16 bits per heavy atom. The quantitative estimate of drug-likeness (QED) is 0.905. The van der Waals surface area contributed by atoms with E-state index in [4.69, 9.17) is 10.5 Å². The van der Waals surface area contributed by atoms with Crippen LogP contribution in [0, 0.1) is 5.41 Å². The standard InChI is InChI=1S/C20H31N3O2/c1-19(2)16-22(18(24)20(15-21)8-12-25-13-9-20)10-11-23(19)14-17-6-4-3-5-7-17/h3-7H,8-16,21H2,1-2H3. The summed E-state index contributed by atoms with van der Waals surface area (Å²) in [6.07, 6.45) is 1.49. The van der Waals surface area contributed by atoms with Crippen LogP contribution < -0.4 is 5.73 Å². The number of carbonyl (C=O) groups is 1. The molecule has 5 heteroatoms. The molecule has 2 aliphatic heterocycles. The van der Waals surface area contributed by atoms with Crippen molar-refractivity contribution in [2.75, 3.05) is 39.4 Å². The van der Waals surface area contributed by atoms with E-state index < -0.39 is 5.41 Å². The minimum Gasteiger partial charge on any atom is -0.381 e. The molecular formula is C20H31N3O2. The predicted molar refractivity (Wildman–Crippen MR) is 99.1 cm³/mol. The van der Waals surface area contributed by atoms with Crippen LogP contribution in [0.25, 0.3) is 0 Å². The summed E-state index contributed by atoms with van der Waals surface area (Å²) in [6.45, 7) is 9.50. The number of benzene rings is 1. The Bertz CT molecular complexity index is 582. The van der Waals surface area contributed by atoms with Crippen LogP contribution in [-0.2, 0) is 16.1 Å². The van der Waals surface area contributed by atoms with Crippen molar-refractivity contribution in [3.63, 3.8) is 0 Å². The number of hydrogen-bond donors (Lipinski definition) is 1. The minimum atomic E-state index is -0.421. The molecule has 2 heterocycles. The number of nitrogens with two attached hydrogens (primary N) is 1. The Hall–Kier alpha value is -1.43. The van der Waals surface area contributed by atoms with Gasteiger partial charge in [0.2, 0.25) is 5.91 Å². The van der Waals surface area contributed by atoms with E-state index in [2.05, 4.69) is 43.0 Å². The van der Waals surface area contributed by atoms with Crippen molar-refractivity contribution in [2.45, 2.75) is 38.8 Å². The monoisotopic (exact) mass is 345 g/mol. The zero-order valence-corrected chi connectivity index (χ0v) is 15.5. The van der Waals surface area contributed by atoms with Crippen molar-refractivity contribution in [2.24, 2.45) is 11.1 Å². The zero-order chi connectivity index (χ0) is 17.9. The highest BCUT2D eigenvalue weighted by Gasteiger charge is 2.44. The maximum absolute atomic E-state index is 13.2. The number of amides is 1. The maximum atomic E-state index is 13.2. The third kappa shape index (κ3) is 3.89. The molecule has 1 aromatic carbocycles. The second kappa shape index (κ2) is 7.44. The zero-order valence-electron chi connectivity index (χ0n) is 15.5. The van der Waals surface area contributed by atoms with E-state index in [0.717, 1.165) is 39.0 Å². The van der Waals surface area contributed by atoms with Gasteiger partial charge in [-0.2, -0.15) is 0 Å². The van der Waals surface area contributed by atoms with Crippen molar-refractivity contribution in [1.29, 1.82) is 0 Å². The third-order valence-electron chi connectivity index (χ3n) is 5.87. The lowest BCUT2D eigenvalue weighted by Crippen LogP contribution is -2.63. The van der Waals surface area contributed by atoms with E-state index in [1.165, 1.54) is 5.56 Å². The fourth-order valence-corrected chi connectivity index (χ4v) is 4.06. The SMILES string of the molecule is CC1(C)CN(C(=O)C2(CN)CCOCC2)CCN1Cc1ccccc1. The van der Waals surface area contributed by atoms with Crippen LogP contribution in [0.3, 0.4) is 0 Å². The second-order valence-electron chi connectivity index (χ2n) is 8.04. The van der Waals surface area contributed by atoms with Gasteiger partial charge in [-0.3, -0.25) is 9.69 Å². The molecule has 0 atom stereocenters. The molecule has 25 heavy (non-hydrogen) atoms. The Morgan fingerprint density at radius 3 is 2.44 bits per heavy atom. The number of piperazine rings is 1. The van der Waals surface area contributed by atoms with E-state index in [9.17, 15) is 4.79 Å². The van der Waals surface area contributed by atoms with Gasteiger partial charge < -0.3 is 15.4 Å². The summed E-state index contributed by atoms with van der Waals surface area (Å²) in [5.74, 6) is 0.228. The Kier molecular flexibility index (Phi) is 5.46. The van der Waals surface area contributed by atoms with Gasteiger partial charge in [0.05, 0.1) is 5.41 Å². The molecular weight excluding hydrogens is 314 g/mol. The molecule has 0 aliphatic carbocycles. The number of hydrogen-bond acceptors (Lipinski definition) is 4. The molecule has 1 aromatic rings. The van der Waals surface area contributed by atoms with Gasteiger partial charge in [-0.15, -0.1) is 0 Å². The van der Waals surface area contributed by atoms with Crippen LogP contribution in [0.15, 0.2) is 30.3 Å². The van der Waals surface area contributed by atoms with Gasteiger partial charge in [0, 0.05) is 51.5 Å². The molecule has 3 rings (SSSR count). The van der Waals surface area contributed by atoms with Gasteiger partial charge in [0.1, 0.15) is 0 Å². The Balaban J connectivity index is 1.68. The second-order valence-corrected chi connectivity index (χ2v) is 8.04. The first kappa shape index (κ1) is 18.4.